The van der Waals surface area contributed by atoms with Gasteiger partial charge in [0.15, 0.2) is 0 Å². The molecule has 68 heavy (non-hydrogen) atoms. The Bertz CT molecular complexity index is 2470. The van der Waals surface area contributed by atoms with Crippen LogP contribution in [0.15, 0.2) is 103 Å². The van der Waals surface area contributed by atoms with Crippen LogP contribution in [0.25, 0.3) is 68.3 Å². The summed E-state index contributed by atoms with van der Waals surface area (Å²) in [5.74, 6) is 4.74. The van der Waals surface area contributed by atoms with Gasteiger partial charge in [-0.25, -0.2) is 0 Å². The van der Waals surface area contributed by atoms with E-state index in [2.05, 4.69) is 158 Å². The third kappa shape index (κ3) is 14.6. The second-order valence-corrected chi connectivity index (χ2v) is 30.0. The molecule has 0 aliphatic carbocycles. The Labute approximate surface area is 457 Å². The monoisotopic (exact) mass is 1120 g/mol. The maximum Gasteiger partial charge on any atom is 0.0596 e. The lowest BCUT2D eigenvalue weighted by atomic mass is 10.2. The molecular weight excluding hydrogens is 1060 g/mol. The van der Waals surface area contributed by atoms with Crippen LogP contribution in [0.4, 0.5) is 0 Å². The summed E-state index contributed by atoms with van der Waals surface area (Å²) >= 11 is 24.2. The molecule has 0 nitrogen and oxygen atoms in total. The molecule has 0 N–H and O–H groups in total. The number of hydrogen-bond acceptors (Lipinski definition) is 12. The van der Waals surface area contributed by atoms with Crippen LogP contribution in [0, 0.1) is 0 Å². The predicted molar refractivity (Wildman–Crippen MR) is 327 cm³/mol. The van der Waals surface area contributed by atoms with Crippen molar-refractivity contribution in [2.24, 2.45) is 0 Å². The first-order chi connectivity index (χ1) is 33.6. The minimum Gasteiger partial charge on any atom is -0.143 e. The normalized spacial score (nSPS) is 11.8. The Kier molecular flexibility index (Phi) is 22.3. The molecular formula is C56H66S12. The van der Waals surface area contributed by atoms with Crippen LogP contribution in [0.2, 0.25) is 0 Å². The van der Waals surface area contributed by atoms with Crippen molar-refractivity contribution in [3.63, 3.8) is 0 Å². The summed E-state index contributed by atoms with van der Waals surface area (Å²) in [7, 11) is 0. The van der Waals surface area contributed by atoms with Crippen molar-refractivity contribution in [2.75, 3.05) is 23.0 Å². The molecule has 0 saturated heterocycles. The fourth-order valence-electron chi connectivity index (χ4n) is 7.94. The van der Waals surface area contributed by atoms with Gasteiger partial charge >= 0.3 is 0 Å². The highest BCUT2D eigenvalue weighted by molar-refractivity contribution is 8.00. The third-order valence-corrected chi connectivity index (χ3v) is 26.5. The molecule has 12 heteroatoms. The number of thiophene rings is 8. The van der Waals surface area contributed by atoms with E-state index in [0.29, 0.717) is 0 Å². The highest BCUT2D eigenvalue weighted by atomic mass is 32.2. The summed E-state index contributed by atoms with van der Waals surface area (Å²) in [6.07, 6.45) is 20.9. The molecule has 0 bridgehead atoms. The van der Waals surface area contributed by atoms with Crippen molar-refractivity contribution in [1.29, 1.82) is 0 Å². The molecule has 0 fully saturated rings. The fourth-order valence-corrected chi connectivity index (χ4v) is 22.2. The number of hydrogen-bond donors (Lipinski definition) is 0. The van der Waals surface area contributed by atoms with E-state index in [1.165, 1.54) is 214 Å². The Morgan fingerprint density at radius 1 is 0.294 bits per heavy atom. The van der Waals surface area contributed by atoms with Gasteiger partial charge in [0.25, 0.3) is 0 Å². The average Bonchev–Trinajstić information content (AvgIpc) is 4.20. The summed E-state index contributed by atoms with van der Waals surface area (Å²) in [4.78, 5) is 25.8. The van der Waals surface area contributed by atoms with Gasteiger partial charge in [-0.1, -0.05) is 117 Å². The smallest absolute Gasteiger partial charge is 0.0596 e. The lowest BCUT2D eigenvalue weighted by Gasteiger charge is -2.06. The second kappa shape index (κ2) is 28.5. The Balaban J connectivity index is 1.12. The minimum absolute atomic E-state index is 1.18. The van der Waals surface area contributed by atoms with Crippen LogP contribution in [-0.2, 0) is 0 Å². The van der Waals surface area contributed by atoms with E-state index in [9.17, 15) is 0 Å². The summed E-state index contributed by atoms with van der Waals surface area (Å²) in [6.45, 7) is 9.26. The zero-order chi connectivity index (χ0) is 46.9. The lowest BCUT2D eigenvalue weighted by molar-refractivity contribution is 0.706. The van der Waals surface area contributed by atoms with E-state index < -0.39 is 0 Å². The van der Waals surface area contributed by atoms with E-state index in [0.717, 1.165) is 0 Å². The van der Waals surface area contributed by atoms with Crippen LogP contribution in [0.5, 0.6) is 0 Å². The molecule has 0 saturated carbocycles. The molecule has 0 aliphatic heterocycles. The molecule has 8 aromatic rings. The van der Waals surface area contributed by atoms with Crippen LogP contribution < -0.4 is 0 Å². The molecule has 0 amide bonds. The van der Waals surface area contributed by atoms with Crippen LogP contribution in [0.1, 0.15) is 130 Å². The summed E-state index contributed by atoms with van der Waals surface area (Å²) in [5, 5.41) is 4.43. The van der Waals surface area contributed by atoms with Gasteiger partial charge < -0.3 is 0 Å². The Morgan fingerprint density at radius 2 is 0.603 bits per heavy atom. The van der Waals surface area contributed by atoms with Gasteiger partial charge in [0.2, 0.25) is 0 Å². The van der Waals surface area contributed by atoms with E-state index in [-0.39, 0.29) is 0 Å². The molecule has 8 heterocycles. The van der Waals surface area contributed by atoms with Crippen molar-refractivity contribution in [1.82, 2.24) is 0 Å². The molecule has 8 rings (SSSR count). The SMILES string of the molecule is CCCCCCSc1cc(-c2cccs2)sc1-c1ccc(-c2cc(SCCCCCC)c(-c3sc(-c4ccc(-c5sc(-c6cccs6)cc5SCCCCCC)s4)cc3SCCCCCC)s2)s1. The minimum atomic E-state index is 1.18. The first-order valence-corrected chi connectivity index (χ1v) is 35.5. The van der Waals surface area contributed by atoms with Gasteiger partial charge in [0, 0.05) is 68.4 Å². The van der Waals surface area contributed by atoms with E-state index in [1.807, 2.05) is 90.7 Å². The highest BCUT2D eigenvalue weighted by Crippen LogP contribution is 2.55. The fraction of sp³-hybridized carbons (Fsp3) is 0.429. The standard InChI is InChI=1S/C56H66S12/c1-5-9-13-17-29-59-49-35-45(39-23-21-33-57-39)65-53(49)43-27-25-41(63-43)47-37-51(61-31-19-15-11-7-3)55(67-47)56-52(62-32-20-16-12-8-4)38-48(68-56)42-26-28-44(64-42)54-50(60-30-18-14-10-6-2)36-46(66-54)40-24-22-34-58-40/h21-28,33-38H,5-20,29-32H2,1-4H3. The van der Waals surface area contributed by atoms with Crippen molar-refractivity contribution >= 4 is 138 Å². The van der Waals surface area contributed by atoms with Crippen LogP contribution in [-0.4, -0.2) is 23.0 Å². The Hall–Kier alpha value is -1.000. The molecule has 0 atom stereocenters. The number of thioether (sulfide) groups is 4. The first-order valence-electron chi connectivity index (χ1n) is 24.9. The zero-order valence-corrected chi connectivity index (χ0v) is 49.9. The molecule has 362 valence electrons. The first kappa shape index (κ1) is 53.3. The van der Waals surface area contributed by atoms with E-state index >= 15 is 0 Å². The topological polar surface area (TPSA) is 0 Å². The lowest BCUT2D eigenvalue weighted by Crippen LogP contribution is -1.83. The van der Waals surface area contributed by atoms with Gasteiger partial charge in [0.05, 0.1) is 19.5 Å². The van der Waals surface area contributed by atoms with Gasteiger partial charge in [-0.3, -0.25) is 0 Å². The van der Waals surface area contributed by atoms with E-state index in [4.69, 9.17) is 0 Å². The van der Waals surface area contributed by atoms with Gasteiger partial charge in [-0.05, 0) is 120 Å². The molecule has 0 aliphatic rings. The Morgan fingerprint density at radius 3 is 0.926 bits per heavy atom. The van der Waals surface area contributed by atoms with Gasteiger partial charge in [-0.2, -0.15) is 0 Å². The second-order valence-electron chi connectivity index (χ2n) is 17.1. The van der Waals surface area contributed by atoms with Gasteiger partial charge in [-0.15, -0.1) is 138 Å². The van der Waals surface area contributed by atoms with Crippen molar-refractivity contribution in [3.8, 4) is 68.3 Å². The summed E-state index contributed by atoms with van der Waals surface area (Å²) in [6, 6.07) is 28.7. The quantitative estimate of drug-likeness (QED) is 0.0314. The maximum absolute atomic E-state index is 2.57. The van der Waals surface area contributed by atoms with Crippen LogP contribution in [0.3, 0.4) is 0 Å². The molecule has 8 aromatic heterocycles. The number of unbranched alkanes of at least 4 members (excludes halogenated alkanes) is 12. The molecule has 0 spiro atoms. The third-order valence-electron chi connectivity index (χ3n) is 11.7. The predicted octanol–water partition coefficient (Wildman–Crippen LogP) is 24.5. The van der Waals surface area contributed by atoms with Crippen molar-refractivity contribution in [2.45, 2.75) is 150 Å². The number of rotatable bonds is 31. The zero-order valence-electron chi connectivity index (χ0n) is 40.1. The maximum atomic E-state index is 2.57. The van der Waals surface area contributed by atoms with Crippen molar-refractivity contribution in [3.05, 3.63) is 83.6 Å². The van der Waals surface area contributed by atoms with Crippen molar-refractivity contribution < 1.29 is 0 Å². The molecule has 0 radical (unpaired) electrons. The van der Waals surface area contributed by atoms with Gasteiger partial charge in [0.1, 0.15) is 0 Å². The molecule has 0 aromatic carbocycles. The summed E-state index contributed by atoms with van der Waals surface area (Å²) < 4.78 is 0. The largest absolute Gasteiger partial charge is 0.143 e. The highest BCUT2D eigenvalue weighted by Gasteiger charge is 2.24. The molecule has 0 unspecified atom stereocenters. The van der Waals surface area contributed by atoms with E-state index in [1.54, 1.807) is 0 Å². The summed E-state index contributed by atoms with van der Waals surface area (Å²) in [5.41, 5.74) is 0. The van der Waals surface area contributed by atoms with Crippen LogP contribution >= 0.6 is 138 Å². The average molecular weight is 1120 g/mol.